The molecule has 0 saturated heterocycles. The summed E-state index contributed by atoms with van der Waals surface area (Å²) in [5.41, 5.74) is 1.62. The minimum Gasteiger partial charge on any atom is -0.395 e. The lowest BCUT2D eigenvalue weighted by molar-refractivity contribution is 0.311. The standard InChI is InChI=1S/C13H12BrN5O/c14-10-3-1-9(2-4-10)13-17-16-12-6-5-11(15-7-8-20)18-19(12)13/h1-6,20H,7-8H2,(H,15,18). The van der Waals surface area contributed by atoms with Crippen LogP contribution in [0.5, 0.6) is 0 Å². The molecule has 0 spiro atoms. The lowest BCUT2D eigenvalue weighted by Crippen LogP contribution is -2.08. The Kier molecular flexibility index (Phi) is 3.62. The predicted molar refractivity (Wildman–Crippen MR) is 79.5 cm³/mol. The molecule has 20 heavy (non-hydrogen) atoms. The molecule has 0 aliphatic rings. The quantitative estimate of drug-likeness (QED) is 0.763. The van der Waals surface area contributed by atoms with Crippen LogP contribution >= 0.6 is 15.9 Å². The molecule has 3 rings (SSSR count). The van der Waals surface area contributed by atoms with E-state index in [-0.39, 0.29) is 6.61 Å². The highest BCUT2D eigenvalue weighted by Gasteiger charge is 2.09. The van der Waals surface area contributed by atoms with Gasteiger partial charge in [-0.3, -0.25) is 0 Å². The zero-order valence-corrected chi connectivity index (χ0v) is 12.1. The maximum atomic E-state index is 8.83. The molecule has 2 aromatic heterocycles. The first kappa shape index (κ1) is 13.0. The van der Waals surface area contributed by atoms with E-state index in [1.807, 2.05) is 36.4 Å². The third kappa shape index (κ3) is 2.50. The van der Waals surface area contributed by atoms with E-state index in [1.54, 1.807) is 4.52 Å². The Bertz CT molecular complexity index is 725. The van der Waals surface area contributed by atoms with Gasteiger partial charge in [0.15, 0.2) is 11.5 Å². The van der Waals surface area contributed by atoms with E-state index in [0.29, 0.717) is 23.8 Å². The van der Waals surface area contributed by atoms with Crippen molar-refractivity contribution in [2.75, 3.05) is 18.5 Å². The molecule has 6 nitrogen and oxygen atoms in total. The van der Waals surface area contributed by atoms with E-state index in [0.717, 1.165) is 10.0 Å². The van der Waals surface area contributed by atoms with E-state index in [2.05, 4.69) is 36.5 Å². The van der Waals surface area contributed by atoms with Crippen molar-refractivity contribution in [3.63, 3.8) is 0 Å². The second kappa shape index (κ2) is 5.56. The van der Waals surface area contributed by atoms with Gasteiger partial charge in [0.05, 0.1) is 6.61 Å². The maximum Gasteiger partial charge on any atom is 0.185 e. The van der Waals surface area contributed by atoms with Crippen molar-refractivity contribution in [1.82, 2.24) is 19.8 Å². The largest absolute Gasteiger partial charge is 0.395 e. The number of anilines is 1. The lowest BCUT2D eigenvalue weighted by atomic mass is 10.2. The second-order valence-electron chi connectivity index (χ2n) is 4.17. The molecule has 0 saturated carbocycles. The van der Waals surface area contributed by atoms with Crippen molar-refractivity contribution in [2.24, 2.45) is 0 Å². The van der Waals surface area contributed by atoms with Crippen LogP contribution in [0.1, 0.15) is 0 Å². The Hall–Kier alpha value is -1.99. The Morgan fingerprint density at radius 1 is 1.10 bits per heavy atom. The molecule has 0 atom stereocenters. The highest BCUT2D eigenvalue weighted by molar-refractivity contribution is 9.10. The summed E-state index contributed by atoms with van der Waals surface area (Å²) in [4.78, 5) is 0. The topological polar surface area (TPSA) is 75.3 Å². The van der Waals surface area contributed by atoms with Gasteiger partial charge < -0.3 is 10.4 Å². The van der Waals surface area contributed by atoms with Gasteiger partial charge in [-0.25, -0.2) is 0 Å². The van der Waals surface area contributed by atoms with E-state index >= 15 is 0 Å². The molecule has 1 aromatic carbocycles. The molecule has 7 heteroatoms. The number of hydrogen-bond acceptors (Lipinski definition) is 5. The Morgan fingerprint density at radius 2 is 1.90 bits per heavy atom. The average Bonchev–Trinajstić information content (AvgIpc) is 2.89. The summed E-state index contributed by atoms with van der Waals surface area (Å²) in [5.74, 6) is 1.35. The van der Waals surface area contributed by atoms with Crippen molar-refractivity contribution in [1.29, 1.82) is 0 Å². The van der Waals surface area contributed by atoms with Crippen LogP contribution in [0, 0.1) is 0 Å². The molecular weight excluding hydrogens is 322 g/mol. The molecule has 0 bridgehead atoms. The van der Waals surface area contributed by atoms with E-state index in [1.165, 1.54) is 0 Å². The fourth-order valence-corrected chi connectivity index (χ4v) is 2.11. The third-order valence-electron chi connectivity index (χ3n) is 2.78. The van der Waals surface area contributed by atoms with Crippen LogP contribution in [0.4, 0.5) is 5.82 Å². The van der Waals surface area contributed by atoms with Gasteiger partial charge in [0, 0.05) is 16.6 Å². The number of nitrogens with one attached hydrogen (secondary N) is 1. The Balaban J connectivity index is 2.04. The molecule has 2 N–H and O–H groups in total. The van der Waals surface area contributed by atoms with Crippen molar-refractivity contribution >= 4 is 27.4 Å². The van der Waals surface area contributed by atoms with Crippen LogP contribution in [0.25, 0.3) is 17.0 Å². The second-order valence-corrected chi connectivity index (χ2v) is 5.09. The van der Waals surface area contributed by atoms with Gasteiger partial charge in [-0.15, -0.1) is 15.3 Å². The third-order valence-corrected chi connectivity index (χ3v) is 3.31. The molecule has 2 heterocycles. The lowest BCUT2D eigenvalue weighted by Gasteiger charge is -2.04. The highest BCUT2D eigenvalue weighted by atomic mass is 79.9. The van der Waals surface area contributed by atoms with Gasteiger partial charge in [0.2, 0.25) is 0 Å². The summed E-state index contributed by atoms with van der Waals surface area (Å²) < 4.78 is 2.69. The van der Waals surface area contributed by atoms with Crippen molar-refractivity contribution in [2.45, 2.75) is 0 Å². The Morgan fingerprint density at radius 3 is 2.65 bits per heavy atom. The summed E-state index contributed by atoms with van der Waals surface area (Å²) >= 11 is 3.41. The molecule has 0 radical (unpaired) electrons. The summed E-state index contributed by atoms with van der Waals surface area (Å²) in [6.07, 6.45) is 0. The molecule has 0 unspecified atom stereocenters. The highest BCUT2D eigenvalue weighted by Crippen LogP contribution is 2.20. The summed E-state index contributed by atoms with van der Waals surface area (Å²) in [7, 11) is 0. The summed E-state index contributed by atoms with van der Waals surface area (Å²) in [6.45, 7) is 0.510. The van der Waals surface area contributed by atoms with Crippen LogP contribution in [-0.4, -0.2) is 38.1 Å². The minimum absolute atomic E-state index is 0.0570. The van der Waals surface area contributed by atoms with Gasteiger partial charge in [-0.2, -0.15) is 4.52 Å². The van der Waals surface area contributed by atoms with Crippen LogP contribution < -0.4 is 5.32 Å². The van der Waals surface area contributed by atoms with Gasteiger partial charge >= 0.3 is 0 Å². The number of halogens is 1. The van der Waals surface area contributed by atoms with E-state index < -0.39 is 0 Å². The number of aliphatic hydroxyl groups is 1. The zero-order chi connectivity index (χ0) is 13.9. The molecule has 0 aliphatic carbocycles. The minimum atomic E-state index is 0.0570. The number of fused-ring (bicyclic) bond motifs is 1. The monoisotopic (exact) mass is 333 g/mol. The summed E-state index contributed by atoms with van der Waals surface area (Å²) in [5, 5.41) is 24.6. The van der Waals surface area contributed by atoms with Crippen molar-refractivity contribution in [3.8, 4) is 11.4 Å². The first-order valence-corrected chi connectivity index (χ1v) is 6.90. The number of aromatic nitrogens is 4. The van der Waals surface area contributed by atoms with Crippen LogP contribution in [0.15, 0.2) is 40.9 Å². The fraction of sp³-hybridized carbons (Fsp3) is 0.154. The SMILES string of the molecule is OCCNc1ccc2nnc(-c3ccc(Br)cc3)n2n1. The first-order chi connectivity index (χ1) is 9.78. The summed E-state index contributed by atoms with van der Waals surface area (Å²) in [6, 6.07) is 11.5. The number of hydrogen-bond donors (Lipinski definition) is 2. The zero-order valence-electron chi connectivity index (χ0n) is 10.5. The molecular formula is C13H12BrN5O. The maximum absolute atomic E-state index is 8.83. The van der Waals surface area contributed by atoms with Crippen molar-refractivity contribution < 1.29 is 5.11 Å². The fourth-order valence-electron chi connectivity index (χ4n) is 1.85. The van der Waals surface area contributed by atoms with Crippen LogP contribution in [-0.2, 0) is 0 Å². The normalized spacial score (nSPS) is 10.9. The van der Waals surface area contributed by atoms with Gasteiger partial charge in [0.1, 0.15) is 5.82 Å². The van der Waals surface area contributed by atoms with Gasteiger partial charge in [-0.05, 0) is 24.3 Å². The molecule has 0 aliphatic heterocycles. The first-order valence-electron chi connectivity index (χ1n) is 6.11. The van der Waals surface area contributed by atoms with Crippen molar-refractivity contribution in [3.05, 3.63) is 40.9 Å². The Labute approximate surface area is 123 Å². The molecule has 3 aromatic rings. The van der Waals surface area contributed by atoms with Gasteiger partial charge in [-0.1, -0.05) is 28.1 Å². The molecule has 0 fully saturated rings. The van der Waals surface area contributed by atoms with E-state index in [4.69, 9.17) is 5.11 Å². The van der Waals surface area contributed by atoms with Gasteiger partial charge in [0.25, 0.3) is 0 Å². The van der Waals surface area contributed by atoms with Crippen LogP contribution in [0.3, 0.4) is 0 Å². The number of benzene rings is 1. The molecule has 0 amide bonds. The number of aliphatic hydroxyl groups excluding tert-OH is 1. The average molecular weight is 334 g/mol. The molecule has 102 valence electrons. The number of rotatable bonds is 4. The predicted octanol–water partition coefficient (Wildman–Crippen LogP) is 1.96. The smallest absolute Gasteiger partial charge is 0.185 e. The van der Waals surface area contributed by atoms with Crippen LogP contribution in [0.2, 0.25) is 0 Å². The van der Waals surface area contributed by atoms with E-state index in [9.17, 15) is 0 Å². The number of nitrogens with zero attached hydrogens (tertiary/aromatic N) is 4.